The first kappa shape index (κ1) is 19.0. The molecule has 0 radical (unpaired) electrons. The Morgan fingerprint density at radius 2 is 1.63 bits per heavy atom. The zero-order valence-electron chi connectivity index (χ0n) is 13.7. The van der Waals surface area contributed by atoms with Crippen LogP contribution in [0, 0.1) is 10.1 Å². The Bertz CT molecular complexity index is 928. The van der Waals surface area contributed by atoms with Crippen LogP contribution in [0.2, 0.25) is 10.0 Å². The fraction of sp³-hybridized carbons (Fsp3) is 0.167. The fourth-order valence-electron chi connectivity index (χ4n) is 3.13. The zero-order valence-corrected chi connectivity index (χ0v) is 15.2. The molecule has 0 aromatic heterocycles. The summed E-state index contributed by atoms with van der Waals surface area (Å²) in [4.78, 5) is 48.6. The minimum atomic E-state index is -1.36. The van der Waals surface area contributed by atoms with Crippen molar-refractivity contribution >= 4 is 41.3 Å². The Kier molecular flexibility index (Phi) is 5.25. The van der Waals surface area contributed by atoms with Crippen LogP contribution in [-0.4, -0.2) is 40.5 Å². The first-order valence-corrected chi connectivity index (χ1v) is 8.59. The van der Waals surface area contributed by atoms with Gasteiger partial charge in [-0.15, -0.1) is 0 Å². The molecule has 138 valence electrons. The standard InChI is InChI=1S/C18H12Cl2N2O5/c19-14-6-5-10(7-15(14)20)13(8-21(26)27)16(9-23)22-17(24)11-3-1-2-4-12(11)18(22)25/h1-7,9,13,16H,8H2/t13-,16+/m1/s1. The molecule has 0 saturated heterocycles. The lowest BCUT2D eigenvalue weighted by atomic mass is 9.91. The molecule has 3 rings (SSSR count). The summed E-state index contributed by atoms with van der Waals surface area (Å²) in [5.41, 5.74) is 0.640. The molecule has 1 aliphatic heterocycles. The van der Waals surface area contributed by atoms with Crippen molar-refractivity contribution < 1.29 is 19.3 Å². The zero-order chi connectivity index (χ0) is 19.7. The van der Waals surface area contributed by atoms with E-state index in [1.807, 2.05) is 0 Å². The van der Waals surface area contributed by atoms with E-state index < -0.39 is 35.2 Å². The molecule has 0 spiro atoms. The maximum Gasteiger partial charge on any atom is 0.262 e. The highest BCUT2D eigenvalue weighted by atomic mass is 35.5. The molecule has 7 nitrogen and oxygen atoms in total. The lowest BCUT2D eigenvalue weighted by molar-refractivity contribution is -0.484. The second-order valence-electron chi connectivity index (χ2n) is 5.95. The predicted molar refractivity (Wildman–Crippen MR) is 97.9 cm³/mol. The molecule has 1 aliphatic rings. The normalized spacial score (nSPS) is 15.4. The molecular formula is C18H12Cl2N2O5. The van der Waals surface area contributed by atoms with E-state index in [9.17, 15) is 24.5 Å². The van der Waals surface area contributed by atoms with E-state index in [-0.39, 0.29) is 21.2 Å². The van der Waals surface area contributed by atoms with Gasteiger partial charge in [0.15, 0.2) is 0 Å². The number of imide groups is 1. The molecule has 2 atom stereocenters. The van der Waals surface area contributed by atoms with Gasteiger partial charge in [0.05, 0.1) is 27.1 Å². The Hall–Kier alpha value is -2.77. The van der Waals surface area contributed by atoms with Crippen molar-refractivity contribution in [3.63, 3.8) is 0 Å². The lowest BCUT2D eigenvalue weighted by Gasteiger charge is -2.27. The van der Waals surface area contributed by atoms with Gasteiger partial charge in [-0.1, -0.05) is 41.4 Å². The molecule has 9 heteroatoms. The van der Waals surface area contributed by atoms with Crippen LogP contribution in [0.25, 0.3) is 0 Å². The molecule has 0 N–H and O–H groups in total. The minimum absolute atomic E-state index is 0.148. The average molecular weight is 407 g/mol. The summed E-state index contributed by atoms with van der Waals surface area (Å²) < 4.78 is 0. The summed E-state index contributed by atoms with van der Waals surface area (Å²) in [5, 5.41) is 11.6. The number of amides is 2. The van der Waals surface area contributed by atoms with E-state index in [0.717, 1.165) is 4.90 Å². The number of hydrogen-bond donors (Lipinski definition) is 0. The highest BCUT2D eigenvalue weighted by molar-refractivity contribution is 6.42. The number of rotatable bonds is 6. The minimum Gasteiger partial charge on any atom is -0.301 e. The summed E-state index contributed by atoms with van der Waals surface area (Å²) in [6, 6.07) is 9.09. The van der Waals surface area contributed by atoms with Gasteiger partial charge in [0.1, 0.15) is 12.3 Å². The number of hydrogen-bond acceptors (Lipinski definition) is 5. The van der Waals surface area contributed by atoms with Gasteiger partial charge >= 0.3 is 0 Å². The first-order chi connectivity index (χ1) is 12.8. The largest absolute Gasteiger partial charge is 0.301 e. The van der Waals surface area contributed by atoms with Gasteiger partial charge in [0, 0.05) is 4.92 Å². The number of benzene rings is 2. The van der Waals surface area contributed by atoms with Gasteiger partial charge in [-0.25, -0.2) is 0 Å². The van der Waals surface area contributed by atoms with Gasteiger partial charge in [-0.3, -0.25) is 24.6 Å². The van der Waals surface area contributed by atoms with Gasteiger partial charge in [0.25, 0.3) is 11.8 Å². The Morgan fingerprint density at radius 3 is 2.11 bits per heavy atom. The molecule has 0 bridgehead atoms. The molecule has 2 amide bonds. The summed E-state index contributed by atoms with van der Waals surface area (Å²) in [6.45, 7) is -0.672. The van der Waals surface area contributed by atoms with Crippen LogP contribution in [0.5, 0.6) is 0 Å². The van der Waals surface area contributed by atoms with Crippen molar-refractivity contribution in [3.8, 4) is 0 Å². The summed E-state index contributed by atoms with van der Waals surface area (Å²) in [6.07, 6.45) is 0.373. The highest BCUT2D eigenvalue weighted by Crippen LogP contribution is 2.33. The van der Waals surface area contributed by atoms with E-state index >= 15 is 0 Å². The average Bonchev–Trinajstić information content (AvgIpc) is 2.89. The molecule has 1 heterocycles. The monoisotopic (exact) mass is 406 g/mol. The second kappa shape index (κ2) is 7.46. The van der Waals surface area contributed by atoms with Crippen molar-refractivity contribution in [2.75, 3.05) is 6.54 Å². The Balaban J connectivity index is 2.06. The van der Waals surface area contributed by atoms with Gasteiger partial charge in [-0.05, 0) is 29.8 Å². The van der Waals surface area contributed by atoms with Crippen molar-refractivity contribution in [2.45, 2.75) is 12.0 Å². The SMILES string of the molecule is O=C[C@@H]([C@H](C[N+](=O)[O-])c1ccc(Cl)c(Cl)c1)N1C(=O)c2ccccc2C1=O. The van der Waals surface area contributed by atoms with E-state index in [1.54, 1.807) is 12.1 Å². The predicted octanol–water partition coefficient (Wildman–Crippen LogP) is 3.22. The molecule has 0 saturated carbocycles. The van der Waals surface area contributed by atoms with Crippen molar-refractivity contribution in [2.24, 2.45) is 0 Å². The molecular weight excluding hydrogens is 395 g/mol. The number of aldehydes is 1. The van der Waals surface area contributed by atoms with Crippen LogP contribution < -0.4 is 0 Å². The van der Waals surface area contributed by atoms with Gasteiger partial charge in [0.2, 0.25) is 6.54 Å². The van der Waals surface area contributed by atoms with Crippen molar-refractivity contribution in [1.29, 1.82) is 0 Å². The van der Waals surface area contributed by atoms with Crippen LogP contribution >= 0.6 is 23.2 Å². The number of carbonyl (C=O) groups excluding carboxylic acids is 3. The molecule has 0 aliphatic carbocycles. The van der Waals surface area contributed by atoms with Gasteiger partial charge < -0.3 is 4.79 Å². The molecule has 2 aromatic carbocycles. The third-order valence-electron chi connectivity index (χ3n) is 4.39. The second-order valence-corrected chi connectivity index (χ2v) is 6.76. The number of halogens is 2. The number of nitro groups is 1. The van der Waals surface area contributed by atoms with Gasteiger partial charge in [-0.2, -0.15) is 0 Å². The smallest absolute Gasteiger partial charge is 0.262 e. The van der Waals surface area contributed by atoms with E-state index in [1.165, 1.54) is 30.3 Å². The summed E-state index contributed by atoms with van der Waals surface area (Å²) in [5.74, 6) is -2.41. The quantitative estimate of drug-likeness (QED) is 0.317. The summed E-state index contributed by atoms with van der Waals surface area (Å²) >= 11 is 11.9. The molecule has 0 fully saturated rings. The Labute approximate surface area is 163 Å². The van der Waals surface area contributed by atoms with E-state index in [0.29, 0.717) is 11.8 Å². The highest BCUT2D eigenvalue weighted by Gasteiger charge is 2.44. The van der Waals surface area contributed by atoms with Crippen LogP contribution in [0.15, 0.2) is 42.5 Å². The molecule has 27 heavy (non-hydrogen) atoms. The first-order valence-electron chi connectivity index (χ1n) is 7.84. The van der Waals surface area contributed by atoms with Crippen molar-refractivity contribution in [3.05, 3.63) is 79.3 Å². The summed E-state index contributed by atoms with van der Waals surface area (Å²) in [7, 11) is 0. The van der Waals surface area contributed by atoms with Crippen molar-refractivity contribution in [1.82, 2.24) is 4.90 Å². The Morgan fingerprint density at radius 1 is 1.04 bits per heavy atom. The third kappa shape index (κ3) is 3.43. The van der Waals surface area contributed by atoms with Crippen LogP contribution in [-0.2, 0) is 4.79 Å². The maximum absolute atomic E-state index is 12.7. The number of carbonyl (C=O) groups is 3. The van der Waals surface area contributed by atoms with Crippen LogP contribution in [0.1, 0.15) is 32.2 Å². The third-order valence-corrected chi connectivity index (χ3v) is 5.13. The van der Waals surface area contributed by atoms with Crippen LogP contribution in [0.3, 0.4) is 0 Å². The number of fused-ring (bicyclic) bond motifs is 1. The molecule has 2 aromatic rings. The van der Waals surface area contributed by atoms with E-state index in [2.05, 4.69) is 0 Å². The maximum atomic E-state index is 12.7. The lowest BCUT2D eigenvalue weighted by Crippen LogP contribution is -2.46. The number of nitrogens with zero attached hydrogens (tertiary/aromatic N) is 2. The van der Waals surface area contributed by atoms with Crippen LogP contribution in [0.4, 0.5) is 0 Å². The van der Waals surface area contributed by atoms with E-state index in [4.69, 9.17) is 23.2 Å². The molecule has 0 unspecified atom stereocenters. The topological polar surface area (TPSA) is 97.6 Å². The fourth-order valence-corrected chi connectivity index (χ4v) is 3.44.